The van der Waals surface area contributed by atoms with E-state index in [-0.39, 0.29) is 23.6 Å². The van der Waals surface area contributed by atoms with Gasteiger partial charge in [-0.15, -0.1) is 0 Å². The highest BCUT2D eigenvalue weighted by Crippen LogP contribution is 2.51. The zero-order valence-corrected chi connectivity index (χ0v) is 17.4. The number of methoxy groups -OCH3 is 2. The molecule has 2 aromatic rings. The smallest absolute Gasteiger partial charge is 0.253 e. The fraction of sp³-hybridized carbons (Fsp3) is 0.375. The predicted octanol–water partition coefficient (Wildman–Crippen LogP) is 3.99. The van der Waals surface area contributed by atoms with Gasteiger partial charge in [-0.25, -0.2) is 0 Å². The van der Waals surface area contributed by atoms with Crippen LogP contribution in [-0.4, -0.2) is 38.4 Å². The van der Waals surface area contributed by atoms with Gasteiger partial charge in [-0.1, -0.05) is 30.4 Å². The van der Waals surface area contributed by atoms with Crippen molar-refractivity contribution in [1.82, 2.24) is 5.32 Å². The molecule has 158 valence electrons. The minimum atomic E-state index is -0.0905. The maximum atomic E-state index is 12.9. The number of rotatable bonds is 7. The molecule has 3 atom stereocenters. The first-order valence-electron chi connectivity index (χ1n) is 10.3. The van der Waals surface area contributed by atoms with E-state index in [9.17, 15) is 9.90 Å². The molecule has 0 radical (unpaired) electrons. The zero-order chi connectivity index (χ0) is 21.1. The van der Waals surface area contributed by atoms with E-state index in [4.69, 9.17) is 9.47 Å². The number of hydrogen-bond donors (Lipinski definition) is 3. The average Bonchev–Trinajstić information content (AvgIpc) is 3.26. The topological polar surface area (TPSA) is 79.8 Å². The largest absolute Gasteiger partial charge is 0.504 e. The summed E-state index contributed by atoms with van der Waals surface area (Å²) >= 11 is 0. The van der Waals surface area contributed by atoms with Gasteiger partial charge in [0.1, 0.15) is 0 Å². The number of phenolic OH excluding ortho intramolecular Hbond substituents is 1. The lowest BCUT2D eigenvalue weighted by molar-refractivity contribution is 0.0949. The third-order valence-electron chi connectivity index (χ3n) is 6.01. The number of ether oxygens (including phenoxy) is 2. The Balaban J connectivity index is 1.66. The summed E-state index contributed by atoms with van der Waals surface area (Å²) in [5.74, 6) is 1.04. The van der Waals surface area contributed by atoms with E-state index in [1.54, 1.807) is 19.2 Å². The summed E-state index contributed by atoms with van der Waals surface area (Å²) in [4.78, 5) is 12.9. The number of aromatic hydroxyl groups is 1. The van der Waals surface area contributed by atoms with Crippen LogP contribution in [0.3, 0.4) is 0 Å². The molecule has 4 rings (SSSR count). The quantitative estimate of drug-likeness (QED) is 0.477. The molecule has 30 heavy (non-hydrogen) atoms. The third-order valence-corrected chi connectivity index (χ3v) is 6.01. The van der Waals surface area contributed by atoms with Crippen LogP contribution in [0.15, 0.2) is 48.6 Å². The highest BCUT2D eigenvalue weighted by molar-refractivity contribution is 6.00. The molecule has 3 unspecified atom stereocenters. The molecule has 6 heteroatoms. The molecule has 1 aliphatic heterocycles. The van der Waals surface area contributed by atoms with E-state index >= 15 is 0 Å². The van der Waals surface area contributed by atoms with Crippen molar-refractivity contribution >= 4 is 11.6 Å². The van der Waals surface area contributed by atoms with E-state index in [0.29, 0.717) is 30.4 Å². The van der Waals surface area contributed by atoms with Crippen LogP contribution < -0.4 is 15.4 Å². The number of nitrogens with one attached hydrogen (secondary N) is 2. The summed E-state index contributed by atoms with van der Waals surface area (Å²) in [6.07, 6.45) is 6.16. The van der Waals surface area contributed by atoms with Gasteiger partial charge in [0.05, 0.1) is 24.4 Å². The van der Waals surface area contributed by atoms with Crippen LogP contribution in [0.1, 0.15) is 46.3 Å². The minimum Gasteiger partial charge on any atom is -0.504 e. The summed E-state index contributed by atoms with van der Waals surface area (Å²) in [6, 6.07) is 11.4. The molecule has 1 aliphatic carbocycles. The summed E-state index contributed by atoms with van der Waals surface area (Å²) in [7, 11) is 3.19. The number of amides is 1. The van der Waals surface area contributed by atoms with Gasteiger partial charge in [0.15, 0.2) is 11.5 Å². The lowest BCUT2D eigenvalue weighted by atomic mass is 9.76. The molecule has 2 aliphatic rings. The average molecular weight is 408 g/mol. The SMILES string of the molecule is COCCCNC(=O)c1cccc2c1NC(c1ccc(OC)c(O)c1)C1CC=CC21. The number of carbonyl (C=O) groups excluding carboxylic acids is 1. The number of allylic oxidation sites excluding steroid dienone is 2. The number of fused-ring (bicyclic) bond motifs is 3. The number of phenols is 1. The monoisotopic (exact) mass is 408 g/mol. The Labute approximate surface area is 176 Å². The van der Waals surface area contributed by atoms with Crippen molar-refractivity contribution in [3.63, 3.8) is 0 Å². The van der Waals surface area contributed by atoms with Gasteiger partial charge < -0.3 is 25.2 Å². The summed E-state index contributed by atoms with van der Waals surface area (Å²) in [5, 5.41) is 16.9. The summed E-state index contributed by atoms with van der Waals surface area (Å²) in [6.45, 7) is 1.18. The molecule has 0 saturated carbocycles. The van der Waals surface area contributed by atoms with Crippen molar-refractivity contribution < 1.29 is 19.4 Å². The van der Waals surface area contributed by atoms with Crippen LogP contribution in [0.25, 0.3) is 0 Å². The predicted molar refractivity (Wildman–Crippen MR) is 116 cm³/mol. The van der Waals surface area contributed by atoms with Crippen LogP contribution in [0.2, 0.25) is 0 Å². The van der Waals surface area contributed by atoms with Gasteiger partial charge in [0.25, 0.3) is 5.91 Å². The van der Waals surface area contributed by atoms with Gasteiger partial charge in [-0.2, -0.15) is 0 Å². The molecule has 0 bridgehead atoms. The van der Waals surface area contributed by atoms with Gasteiger partial charge in [-0.3, -0.25) is 4.79 Å². The Morgan fingerprint density at radius 1 is 1.27 bits per heavy atom. The van der Waals surface area contributed by atoms with Crippen LogP contribution in [0.5, 0.6) is 11.5 Å². The van der Waals surface area contributed by atoms with Crippen molar-refractivity contribution in [2.75, 3.05) is 32.7 Å². The van der Waals surface area contributed by atoms with Gasteiger partial charge in [0.2, 0.25) is 0 Å². The van der Waals surface area contributed by atoms with E-state index in [2.05, 4.69) is 28.9 Å². The van der Waals surface area contributed by atoms with E-state index < -0.39 is 0 Å². The maximum absolute atomic E-state index is 12.9. The minimum absolute atomic E-state index is 0.0169. The van der Waals surface area contributed by atoms with Gasteiger partial charge in [0, 0.05) is 26.2 Å². The lowest BCUT2D eigenvalue weighted by Crippen LogP contribution is -2.32. The lowest BCUT2D eigenvalue weighted by Gasteiger charge is -2.38. The number of para-hydroxylation sites is 1. The third kappa shape index (κ3) is 3.75. The Kier molecular flexibility index (Phi) is 5.95. The number of hydrogen-bond acceptors (Lipinski definition) is 5. The summed E-state index contributed by atoms with van der Waals surface area (Å²) < 4.78 is 10.2. The van der Waals surface area contributed by atoms with Crippen LogP contribution in [0.4, 0.5) is 5.69 Å². The molecule has 1 amide bonds. The molecular formula is C24H28N2O4. The second-order valence-electron chi connectivity index (χ2n) is 7.78. The number of benzene rings is 2. The van der Waals surface area contributed by atoms with Crippen molar-refractivity contribution in [2.24, 2.45) is 5.92 Å². The fourth-order valence-corrected chi connectivity index (χ4v) is 4.55. The Morgan fingerprint density at radius 2 is 2.13 bits per heavy atom. The van der Waals surface area contributed by atoms with Crippen LogP contribution in [0, 0.1) is 5.92 Å². The molecule has 6 nitrogen and oxygen atoms in total. The maximum Gasteiger partial charge on any atom is 0.253 e. The second kappa shape index (κ2) is 8.79. The molecule has 2 aromatic carbocycles. The molecule has 3 N–H and O–H groups in total. The molecule has 0 spiro atoms. The van der Waals surface area contributed by atoms with Gasteiger partial charge in [-0.05, 0) is 48.1 Å². The highest BCUT2D eigenvalue weighted by atomic mass is 16.5. The Hall–Kier alpha value is -2.99. The van der Waals surface area contributed by atoms with E-state index in [0.717, 1.165) is 29.7 Å². The van der Waals surface area contributed by atoms with Crippen molar-refractivity contribution in [3.05, 3.63) is 65.2 Å². The second-order valence-corrected chi connectivity index (χ2v) is 7.78. The Morgan fingerprint density at radius 3 is 2.90 bits per heavy atom. The standard InChI is InChI=1S/C24H28N2O4/c1-29-13-5-12-25-24(28)19-9-4-8-18-16-6-3-7-17(16)22(26-23(18)19)15-10-11-21(30-2)20(27)14-15/h3-4,6,8-11,14,16-17,22,26-27H,5,7,12-13H2,1-2H3,(H,25,28). The molecule has 0 aromatic heterocycles. The van der Waals surface area contributed by atoms with Crippen LogP contribution >= 0.6 is 0 Å². The first-order chi connectivity index (χ1) is 14.6. The highest BCUT2D eigenvalue weighted by Gasteiger charge is 2.39. The van der Waals surface area contributed by atoms with Crippen molar-refractivity contribution in [2.45, 2.75) is 24.8 Å². The fourth-order valence-electron chi connectivity index (χ4n) is 4.55. The Bertz CT molecular complexity index is 956. The number of anilines is 1. The number of carbonyl (C=O) groups is 1. The molecule has 0 saturated heterocycles. The zero-order valence-electron chi connectivity index (χ0n) is 17.4. The molecule has 0 fully saturated rings. The van der Waals surface area contributed by atoms with Crippen molar-refractivity contribution in [3.8, 4) is 11.5 Å². The van der Waals surface area contributed by atoms with E-state index in [1.807, 2.05) is 18.2 Å². The normalized spacial score (nSPS) is 21.5. The van der Waals surface area contributed by atoms with E-state index in [1.165, 1.54) is 7.11 Å². The molecule has 1 heterocycles. The first-order valence-corrected chi connectivity index (χ1v) is 10.3. The van der Waals surface area contributed by atoms with Gasteiger partial charge >= 0.3 is 0 Å². The van der Waals surface area contributed by atoms with Crippen LogP contribution in [-0.2, 0) is 4.74 Å². The summed E-state index contributed by atoms with van der Waals surface area (Å²) in [5.41, 5.74) is 3.64. The van der Waals surface area contributed by atoms with Crippen molar-refractivity contribution in [1.29, 1.82) is 0 Å². The molecular weight excluding hydrogens is 380 g/mol. The first kappa shape index (κ1) is 20.3.